The second-order valence-electron chi connectivity index (χ2n) is 4.95. The summed E-state index contributed by atoms with van der Waals surface area (Å²) in [6, 6.07) is 7.79. The van der Waals surface area contributed by atoms with Crippen molar-refractivity contribution in [2.24, 2.45) is 0 Å². The summed E-state index contributed by atoms with van der Waals surface area (Å²) >= 11 is 0. The molecule has 2 rings (SSSR count). The van der Waals surface area contributed by atoms with Crippen LogP contribution in [0.2, 0.25) is 0 Å². The quantitative estimate of drug-likeness (QED) is 0.811. The smallest absolute Gasteiger partial charge is 0.258 e. The first-order valence-electron chi connectivity index (χ1n) is 7.79. The van der Waals surface area contributed by atoms with Gasteiger partial charge in [-0.2, -0.15) is 0 Å². The lowest BCUT2D eigenvalue weighted by Gasteiger charge is -2.09. The highest BCUT2D eigenvalue weighted by atomic mass is 16.5. The Kier molecular flexibility index (Phi) is 6.02. The summed E-state index contributed by atoms with van der Waals surface area (Å²) in [5.74, 6) is 1.03. The van der Waals surface area contributed by atoms with Crippen LogP contribution in [0, 0.1) is 0 Å². The van der Waals surface area contributed by atoms with Gasteiger partial charge >= 0.3 is 0 Å². The van der Waals surface area contributed by atoms with E-state index in [9.17, 15) is 4.79 Å². The molecule has 0 aliphatic carbocycles. The van der Waals surface area contributed by atoms with E-state index in [0.717, 1.165) is 11.3 Å². The summed E-state index contributed by atoms with van der Waals surface area (Å²) in [6.45, 7) is 5.51. The maximum Gasteiger partial charge on any atom is 0.258 e. The van der Waals surface area contributed by atoms with Crippen LogP contribution in [0.25, 0.3) is 0 Å². The molecule has 1 aromatic heterocycles. The summed E-state index contributed by atoms with van der Waals surface area (Å²) in [5.41, 5.74) is 1.53. The van der Waals surface area contributed by atoms with Gasteiger partial charge in [-0.25, -0.2) is 0 Å². The second-order valence-corrected chi connectivity index (χ2v) is 4.95. The molecule has 1 aromatic carbocycles. The van der Waals surface area contributed by atoms with Gasteiger partial charge in [-0.05, 0) is 31.9 Å². The molecule has 0 bridgehead atoms. The van der Waals surface area contributed by atoms with E-state index in [4.69, 9.17) is 9.47 Å². The van der Waals surface area contributed by atoms with Gasteiger partial charge in [0, 0.05) is 19.3 Å². The normalized spacial score (nSPS) is 10.4. The number of nitrogens with zero attached hydrogens (tertiary/aromatic N) is 2. The van der Waals surface area contributed by atoms with Crippen LogP contribution in [0.5, 0.6) is 11.6 Å². The summed E-state index contributed by atoms with van der Waals surface area (Å²) in [4.78, 5) is 12.3. The first-order chi connectivity index (χ1) is 11.2. The minimum atomic E-state index is -0.178. The van der Waals surface area contributed by atoms with E-state index in [-0.39, 0.29) is 5.91 Å². The minimum Gasteiger partial charge on any atom is -0.496 e. The number of hydrogen-bond donors (Lipinski definition) is 1. The number of ether oxygens (including phenoxy) is 2. The Hall–Kier alpha value is -2.50. The third-order valence-electron chi connectivity index (χ3n) is 3.45. The van der Waals surface area contributed by atoms with Crippen molar-refractivity contribution < 1.29 is 14.3 Å². The van der Waals surface area contributed by atoms with Crippen LogP contribution < -0.4 is 14.8 Å². The number of aryl methyl sites for hydroxylation is 1. The van der Waals surface area contributed by atoms with Gasteiger partial charge in [-0.15, -0.1) is 5.10 Å². The molecule has 124 valence electrons. The van der Waals surface area contributed by atoms with Crippen LogP contribution >= 0.6 is 0 Å². The van der Waals surface area contributed by atoms with E-state index in [0.29, 0.717) is 37.6 Å². The Balaban J connectivity index is 1.98. The third kappa shape index (κ3) is 4.25. The molecule has 0 unspecified atom stereocenters. The minimum absolute atomic E-state index is 0.178. The number of rotatable bonds is 8. The third-order valence-corrected chi connectivity index (χ3v) is 3.45. The molecule has 0 radical (unpaired) electrons. The standard InChI is InChI=1S/C17H23N3O3/c1-4-20-12-14(17(19-20)23-5-2)16(21)18-11-10-13-8-6-7-9-15(13)22-3/h6-9,12H,4-5,10-11H2,1-3H3,(H,18,21). The van der Waals surface area contributed by atoms with E-state index in [1.165, 1.54) is 0 Å². The number of amides is 1. The number of hydrogen-bond acceptors (Lipinski definition) is 4. The molecular formula is C17H23N3O3. The zero-order valence-corrected chi connectivity index (χ0v) is 13.8. The topological polar surface area (TPSA) is 65.4 Å². The number of carbonyl (C=O) groups excluding carboxylic acids is 1. The van der Waals surface area contributed by atoms with Crippen LogP contribution in [0.3, 0.4) is 0 Å². The molecule has 6 heteroatoms. The Bertz CT molecular complexity index is 652. The molecular weight excluding hydrogens is 294 g/mol. The molecule has 23 heavy (non-hydrogen) atoms. The molecule has 0 fully saturated rings. The average molecular weight is 317 g/mol. The highest BCUT2D eigenvalue weighted by molar-refractivity contribution is 5.96. The zero-order chi connectivity index (χ0) is 16.7. The number of aromatic nitrogens is 2. The van der Waals surface area contributed by atoms with Crippen molar-refractivity contribution in [2.75, 3.05) is 20.3 Å². The molecule has 0 atom stereocenters. The number of nitrogens with one attached hydrogen (secondary N) is 1. The Morgan fingerprint density at radius 3 is 2.78 bits per heavy atom. The molecule has 0 saturated carbocycles. The van der Waals surface area contributed by atoms with Crippen LogP contribution in [0.1, 0.15) is 29.8 Å². The fourth-order valence-electron chi connectivity index (χ4n) is 2.28. The van der Waals surface area contributed by atoms with Gasteiger partial charge in [0.15, 0.2) is 0 Å². The van der Waals surface area contributed by atoms with Crippen molar-refractivity contribution in [3.05, 3.63) is 41.6 Å². The lowest BCUT2D eigenvalue weighted by molar-refractivity contribution is 0.0950. The molecule has 6 nitrogen and oxygen atoms in total. The van der Waals surface area contributed by atoms with Crippen molar-refractivity contribution in [2.45, 2.75) is 26.8 Å². The highest BCUT2D eigenvalue weighted by Crippen LogP contribution is 2.18. The van der Waals surface area contributed by atoms with Gasteiger partial charge in [0.05, 0.1) is 13.7 Å². The molecule has 0 spiro atoms. The average Bonchev–Trinajstić information content (AvgIpc) is 2.99. The number of para-hydroxylation sites is 1. The second kappa shape index (κ2) is 8.22. The van der Waals surface area contributed by atoms with Crippen molar-refractivity contribution in [1.29, 1.82) is 0 Å². The SMILES string of the molecule is CCOc1nn(CC)cc1C(=O)NCCc1ccccc1OC. The molecule has 0 aliphatic heterocycles. The van der Waals surface area contributed by atoms with Crippen molar-refractivity contribution in [1.82, 2.24) is 15.1 Å². The predicted molar refractivity (Wildman–Crippen MR) is 88.1 cm³/mol. The van der Waals surface area contributed by atoms with Crippen molar-refractivity contribution in [3.8, 4) is 11.6 Å². The summed E-state index contributed by atoms with van der Waals surface area (Å²) < 4.78 is 12.4. The highest BCUT2D eigenvalue weighted by Gasteiger charge is 2.17. The number of methoxy groups -OCH3 is 1. The fraction of sp³-hybridized carbons (Fsp3) is 0.412. The molecule has 1 amide bonds. The Labute approximate surface area is 136 Å². The fourth-order valence-corrected chi connectivity index (χ4v) is 2.28. The Morgan fingerprint density at radius 2 is 2.09 bits per heavy atom. The van der Waals surface area contributed by atoms with E-state index >= 15 is 0 Å². The van der Waals surface area contributed by atoms with E-state index in [2.05, 4.69) is 10.4 Å². The van der Waals surface area contributed by atoms with E-state index in [1.54, 1.807) is 18.0 Å². The van der Waals surface area contributed by atoms with Gasteiger partial charge in [-0.3, -0.25) is 9.48 Å². The summed E-state index contributed by atoms with van der Waals surface area (Å²) in [6.07, 6.45) is 2.41. The molecule has 1 N–H and O–H groups in total. The zero-order valence-electron chi connectivity index (χ0n) is 13.8. The first kappa shape index (κ1) is 16.9. The van der Waals surface area contributed by atoms with Crippen LogP contribution in [0.15, 0.2) is 30.5 Å². The maximum atomic E-state index is 12.3. The molecule has 2 aromatic rings. The maximum absolute atomic E-state index is 12.3. The van der Waals surface area contributed by atoms with Crippen LogP contribution in [0.4, 0.5) is 0 Å². The largest absolute Gasteiger partial charge is 0.496 e. The molecule has 1 heterocycles. The van der Waals surface area contributed by atoms with E-state index in [1.807, 2.05) is 38.1 Å². The summed E-state index contributed by atoms with van der Waals surface area (Å²) in [5, 5.41) is 7.15. The predicted octanol–water partition coefficient (Wildman–Crippen LogP) is 2.28. The van der Waals surface area contributed by atoms with Gasteiger partial charge < -0.3 is 14.8 Å². The first-order valence-corrected chi connectivity index (χ1v) is 7.79. The van der Waals surface area contributed by atoms with E-state index < -0.39 is 0 Å². The Morgan fingerprint density at radius 1 is 1.30 bits per heavy atom. The van der Waals surface area contributed by atoms with Crippen molar-refractivity contribution in [3.63, 3.8) is 0 Å². The lowest BCUT2D eigenvalue weighted by Crippen LogP contribution is -2.26. The molecule has 0 aliphatic rings. The monoisotopic (exact) mass is 317 g/mol. The van der Waals surface area contributed by atoms with Gasteiger partial charge in [-0.1, -0.05) is 18.2 Å². The number of benzene rings is 1. The van der Waals surface area contributed by atoms with Gasteiger partial charge in [0.2, 0.25) is 5.88 Å². The van der Waals surface area contributed by atoms with Crippen molar-refractivity contribution >= 4 is 5.91 Å². The van der Waals surface area contributed by atoms with Crippen LogP contribution in [-0.2, 0) is 13.0 Å². The molecule has 0 saturated heterocycles. The van der Waals surface area contributed by atoms with Gasteiger partial charge in [0.1, 0.15) is 11.3 Å². The summed E-state index contributed by atoms with van der Waals surface area (Å²) in [7, 11) is 1.64. The van der Waals surface area contributed by atoms with Gasteiger partial charge in [0.25, 0.3) is 5.91 Å². The van der Waals surface area contributed by atoms with Crippen LogP contribution in [-0.4, -0.2) is 35.9 Å². The number of carbonyl (C=O) groups is 1. The lowest BCUT2D eigenvalue weighted by atomic mass is 10.1.